The van der Waals surface area contributed by atoms with Crippen molar-refractivity contribution in [2.24, 2.45) is 0 Å². The molecule has 19 heavy (non-hydrogen) atoms. The van der Waals surface area contributed by atoms with Gasteiger partial charge in [0.15, 0.2) is 0 Å². The Balaban J connectivity index is 2.06. The van der Waals surface area contributed by atoms with E-state index in [0.717, 1.165) is 34.2 Å². The monoisotopic (exact) mass is 254 g/mol. The van der Waals surface area contributed by atoms with Crippen molar-refractivity contribution in [3.05, 3.63) is 35.7 Å². The summed E-state index contributed by atoms with van der Waals surface area (Å²) in [6.07, 6.45) is 0.437. The molecule has 0 saturated carbocycles. The van der Waals surface area contributed by atoms with Crippen LogP contribution in [0, 0.1) is 6.92 Å². The molecule has 2 N–H and O–H groups in total. The number of aryl methyl sites for hydroxylation is 1. The Kier molecular flexibility index (Phi) is 2.67. The second-order valence-electron chi connectivity index (χ2n) is 4.53. The number of nitrogens with one attached hydrogen (secondary N) is 2. The summed E-state index contributed by atoms with van der Waals surface area (Å²) < 4.78 is 0. The molecule has 0 saturated heterocycles. The Hall–Kier alpha value is -2.43. The van der Waals surface area contributed by atoms with E-state index in [1.807, 2.05) is 38.2 Å². The van der Waals surface area contributed by atoms with Crippen LogP contribution >= 0.6 is 0 Å². The van der Waals surface area contributed by atoms with Crippen LogP contribution in [0.2, 0.25) is 0 Å². The number of anilines is 2. The highest BCUT2D eigenvalue weighted by molar-refractivity contribution is 5.99. The summed E-state index contributed by atoms with van der Waals surface area (Å²) in [4.78, 5) is 20.1. The van der Waals surface area contributed by atoms with Gasteiger partial charge in [0.1, 0.15) is 11.6 Å². The third-order valence-corrected chi connectivity index (χ3v) is 3.12. The first-order valence-electron chi connectivity index (χ1n) is 6.12. The van der Waals surface area contributed by atoms with Gasteiger partial charge < -0.3 is 10.6 Å². The number of rotatable bonds is 2. The first kappa shape index (κ1) is 11.6. The predicted molar refractivity (Wildman–Crippen MR) is 74.1 cm³/mol. The highest BCUT2D eigenvalue weighted by atomic mass is 16.1. The second kappa shape index (κ2) is 4.35. The van der Waals surface area contributed by atoms with Gasteiger partial charge in [-0.15, -0.1) is 0 Å². The third-order valence-electron chi connectivity index (χ3n) is 3.12. The normalized spacial score (nSPS) is 13.1. The van der Waals surface area contributed by atoms with Crippen molar-refractivity contribution in [1.82, 2.24) is 9.97 Å². The van der Waals surface area contributed by atoms with Gasteiger partial charge in [-0.2, -0.15) is 0 Å². The molecule has 0 spiro atoms. The highest BCUT2D eigenvalue weighted by Crippen LogP contribution is 2.28. The minimum absolute atomic E-state index is 0.0435. The Bertz CT molecular complexity index is 666. The van der Waals surface area contributed by atoms with E-state index in [2.05, 4.69) is 20.6 Å². The topological polar surface area (TPSA) is 66.9 Å². The summed E-state index contributed by atoms with van der Waals surface area (Å²) in [5, 5.41) is 5.85. The number of amides is 1. The van der Waals surface area contributed by atoms with Gasteiger partial charge in [0.05, 0.1) is 12.1 Å². The zero-order valence-corrected chi connectivity index (χ0v) is 10.8. The molecule has 2 aromatic rings. The van der Waals surface area contributed by atoms with Crippen molar-refractivity contribution >= 4 is 17.4 Å². The van der Waals surface area contributed by atoms with Crippen molar-refractivity contribution in [1.29, 1.82) is 0 Å². The molecule has 5 nitrogen and oxygen atoms in total. The summed E-state index contributed by atoms with van der Waals surface area (Å²) in [6, 6.07) is 7.80. The molecule has 0 radical (unpaired) electrons. The van der Waals surface area contributed by atoms with Crippen LogP contribution in [-0.2, 0) is 11.2 Å². The molecule has 0 atom stereocenters. The molecule has 5 heteroatoms. The van der Waals surface area contributed by atoms with Crippen molar-refractivity contribution < 1.29 is 4.79 Å². The van der Waals surface area contributed by atoms with E-state index in [1.54, 1.807) is 0 Å². The molecule has 0 bridgehead atoms. The van der Waals surface area contributed by atoms with Gasteiger partial charge >= 0.3 is 0 Å². The lowest BCUT2D eigenvalue weighted by Crippen LogP contribution is -2.03. The zero-order valence-electron chi connectivity index (χ0n) is 10.8. The molecule has 0 aliphatic carbocycles. The van der Waals surface area contributed by atoms with Gasteiger partial charge in [0.2, 0.25) is 5.91 Å². The van der Waals surface area contributed by atoms with Crippen LogP contribution < -0.4 is 10.6 Å². The fourth-order valence-corrected chi connectivity index (χ4v) is 2.23. The molecule has 1 aliphatic heterocycles. The molecule has 1 aromatic heterocycles. The van der Waals surface area contributed by atoms with Crippen LogP contribution in [0.15, 0.2) is 24.3 Å². The van der Waals surface area contributed by atoms with Crippen LogP contribution in [0.5, 0.6) is 0 Å². The average molecular weight is 254 g/mol. The summed E-state index contributed by atoms with van der Waals surface area (Å²) in [5.74, 6) is 1.55. The minimum atomic E-state index is 0.0435. The van der Waals surface area contributed by atoms with Gasteiger partial charge in [0.25, 0.3) is 0 Å². The van der Waals surface area contributed by atoms with Gasteiger partial charge in [-0.25, -0.2) is 9.97 Å². The number of benzene rings is 1. The van der Waals surface area contributed by atoms with E-state index in [9.17, 15) is 4.79 Å². The fraction of sp³-hybridized carbons (Fsp3) is 0.214. The highest BCUT2D eigenvalue weighted by Gasteiger charge is 2.18. The van der Waals surface area contributed by atoms with Crippen molar-refractivity contribution in [3.8, 4) is 11.3 Å². The number of hydrogen-bond donors (Lipinski definition) is 2. The van der Waals surface area contributed by atoms with Crippen LogP contribution in [-0.4, -0.2) is 22.9 Å². The van der Waals surface area contributed by atoms with Crippen molar-refractivity contribution in [3.63, 3.8) is 0 Å². The molecule has 1 aliphatic rings. The molecule has 2 heterocycles. The molecule has 96 valence electrons. The van der Waals surface area contributed by atoms with Gasteiger partial charge in [-0.05, 0) is 24.6 Å². The van der Waals surface area contributed by atoms with E-state index in [1.165, 1.54) is 0 Å². The van der Waals surface area contributed by atoms with Gasteiger partial charge in [0, 0.05) is 24.4 Å². The standard InChI is InChI=1S/C14H14N4O/c1-8-16-12(7-13(15-2)17-8)9-3-4-11-10(5-9)6-14(19)18-11/h3-5,7H,6H2,1-2H3,(H,18,19)(H,15,16,17). The zero-order chi connectivity index (χ0) is 13.4. The third kappa shape index (κ3) is 2.14. The Morgan fingerprint density at radius 2 is 2.11 bits per heavy atom. The lowest BCUT2D eigenvalue weighted by molar-refractivity contribution is -0.115. The number of hydrogen-bond acceptors (Lipinski definition) is 4. The SMILES string of the molecule is CNc1cc(-c2ccc3c(c2)CC(=O)N3)nc(C)n1. The molecule has 0 unspecified atom stereocenters. The van der Waals surface area contributed by atoms with E-state index in [-0.39, 0.29) is 5.91 Å². The molecule has 3 rings (SSSR count). The lowest BCUT2D eigenvalue weighted by Gasteiger charge is -2.07. The van der Waals surface area contributed by atoms with Crippen molar-refractivity contribution in [2.75, 3.05) is 17.7 Å². The first-order chi connectivity index (χ1) is 9.15. The largest absolute Gasteiger partial charge is 0.373 e. The number of carbonyl (C=O) groups excluding carboxylic acids is 1. The molecule has 0 fully saturated rings. The Morgan fingerprint density at radius 1 is 1.26 bits per heavy atom. The number of carbonyl (C=O) groups is 1. The summed E-state index contributed by atoms with van der Waals surface area (Å²) in [5.41, 5.74) is 3.77. The van der Waals surface area contributed by atoms with E-state index < -0.39 is 0 Å². The molecule has 1 aromatic carbocycles. The maximum absolute atomic E-state index is 11.4. The number of fused-ring (bicyclic) bond motifs is 1. The summed E-state index contributed by atoms with van der Waals surface area (Å²) in [6.45, 7) is 1.86. The number of aromatic nitrogens is 2. The van der Waals surface area contributed by atoms with Crippen LogP contribution in [0.25, 0.3) is 11.3 Å². The second-order valence-corrected chi connectivity index (χ2v) is 4.53. The molecule has 1 amide bonds. The number of nitrogens with zero attached hydrogens (tertiary/aromatic N) is 2. The lowest BCUT2D eigenvalue weighted by atomic mass is 10.1. The summed E-state index contributed by atoms with van der Waals surface area (Å²) >= 11 is 0. The first-order valence-corrected chi connectivity index (χ1v) is 6.12. The smallest absolute Gasteiger partial charge is 0.228 e. The fourth-order valence-electron chi connectivity index (χ4n) is 2.23. The Labute approximate surface area is 111 Å². The van der Waals surface area contributed by atoms with Gasteiger partial charge in [-0.3, -0.25) is 4.79 Å². The maximum atomic E-state index is 11.4. The van der Waals surface area contributed by atoms with E-state index >= 15 is 0 Å². The maximum Gasteiger partial charge on any atom is 0.228 e. The summed E-state index contributed by atoms with van der Waals surface area (Å²) in [7, 11) is 1.83. The van der Waals surface area contributed by atoms with E-state index in [0.29, 0.717) is 6.42 Å². The van der Waals surface area contributed by atoms with Gasteiger partial charge in [-0.1, -0.05) is 6.07 Å². The minimum Gasteiger partial charge on any atom is -0.373 e. The Morgan fingerprint density at radius 3 is 2.89 bits per heavy atom. The van der Waals surface area contributed by atoms with Crippen molar-refractivity contribution in [2.45, 2.75) is 13.3 Å². The van der Waals surface area contributed by atoms with Crippen LogP contribution in [0.1, 0.15) is 11.4 Å². The van der Waals surface area contributed by atoms with Crippen LogP contribution in [0.3, 0.4) is 0 Å². The van der Waals surface area contributed by atoms with Crippen LogP contribution in [0.4, 0.5) is 11.5 Å². The predicted octanol–water partition coefficient (Wildman–Crippen LogP) is 1.99. The molecular weight excluding hydrogens is 240 g/mol. The average Bonchev–Trinajstić information content (AvgIpc) is 2.76. The quantitative estimate of drug-likeness (QED) is 0.860. The van der Waals surface area contributed by atoms with E-state index in [4.69, 9.17) is 0 Å². The molecular formula is C14H14N4O.